The lowest BCUT2D eigenvalue weighted by Gasteiger charge is -2.25. The van der Waals surface area contributed by atoms with Gasteiger partial charge in [0.05, 0.1) is 23.7 Å². The van der Waals surface area contributed by atoms with Crippen LogP contribution in [-0.2, 0) is 16.1 Å². The molecule has 1 N–H and O–H groups in total. The molecule has 1 unspecified atom stereocenters. The summed E-state index contributed by atoms with van der Waals surface area (Å²) in [6.07, 6.45) is 6.41. The van der Waals surface area contributed by atoms with Crippen molar-refractivity contribution in [3.63, 3.8) is 0 Å². The maximum atomic E-state index is 13.0. The number of ether oxygens (including phenoxy) is 1. The Hall–Kier alpha value is -3.71. The summed E-state index contributed by atoms with van der Waals surface area (Å²) in [5.41, 5.74) is 1.71. The van der Waals surface area contributed by atoms with Crippen LogP contribution in [0.4, 0.5) is 0 Å². The zero-order valence-electron chi connectivity index (χ0n) is 16.5. The van der Waals surface area contributed by atoms with E-state index in [4.69, 9.17) is 16.3 Å². The van der Waals surface area contributed by atoms with Crippen molar-refractivity contribution in [2.75, 3.05) is 7.11 Å². The number of carbonyl (C=O) groups is 2. The van der Waals surface area contributed by atoms with E-state index in [1.54, 1.807) is 55.1 Å². The van der Waals surface area contributed by atoms with Crippen molar-refractivity contribution in [1.82, 2.24) is 14.9 Å². The highest BCUT2D eigenvalue weighted by Crippen LogP contribution is 2.40. The fraction of sp³-hybridized carbons (Fsp3) is 0.130. The standard InChI is InChI=1S/C23H18ClN3O4/c1-31-18-5-4-16(11-17(18)24)21(28)19-20(15-6-9-25-10-7-15)27(23(30)22(19)29)13-14-3-2-8-26-12-14/h2-12,20,28H,13H2,1H3/b21-19-. The average molecular weight is 436 g/mol. The Bertz CT molecular complexity index is 1170. The largest absolute Gasteiger partial charge is 0.507 e. The minimum absolute atomic E-state index is 0.0127. The van der Waals surface area contributed by atoms with Crippen LogP contribution in [-0.4, -0.2) is 38.8 Å². The van der Waals surface area contributed by atoms with E-state index in [1.165, 1.54) is 18.1 Å². The third-order valence-electron chi connectivity index (χ3n) is 5.06. The second-order valence-electron chi connectivity index (χ2n) is 6.92. The number of likely N-dealkylation sites (tertiary alicyclic amines) is 1. The number of ketones is 1. The molecule has 0 radical (unpaired) electrons. The molecule has 156 valence electrons. The number of aliphatic hydroxyl groups excluding tert-OH is 1. The number of pyridine rings is 2. The molecule has 2 aromatic heterocycles. The van der Waals surface area contributed by atoms with E-state index < -0.39 is 17.7 Å². The normalized spacial score (nSPS) is 17.7. The number of nitrogens with zero attached hydrogens (tertiary/aromatic N) is 3. The number of aromatic nitrogens is 2. The Morgan fingerprint density at radius 3 is 2.55 bits per heavy atom. The van der Waals surface area contributed by atoms with Crippen molar-refractivity contribution in [1.29, 1.82) is 0 Å². The molecule has 0 saturated carbocycles. The van der Waals surface area contributed by atoms with Crippen molar-refractivity contribution >= 4 is 29.1 Å². The lowest BCUT2D eigenvalue weighted by Crippen LogP contribution is -2.29. The first-order valence-corrected chi connectivity index (χ1v) is 9.80. The summed E-state index contributed by atoms with van der Waals surface area (Å²) < 4.78 is 5.15. The molecule has 1 aliphatic heterocycles. The number of hydrogen-bond donors (Lipinski definition) is 1. The minimum Gasteiger partial charge on any atom is -0.507 e. The molecule has 31 heavy (non-hydrogen) atoms. The van der Waals surface area contributed by atoms with Gasteiger partial charge in [0.15, 0.2) is 0 Å². The van der Waals surface area contributed by atoms with Gasteiger partial charge in [0.1, 0.15) is 11.5 Å². The first-order chi connectivity index (χ1) is 15.0. The van der Waals surface area contributed by atoms with Gasteiger partial charge in [0, 0.05) is 36.9 Å². The summed E-state index contributed by atoms with van der Waals surface area (Å²) >= 11 is 6.20. The third-order valence-corrected chi connectivity index (χ3v) is 5.36. The van der Waals surface area contributed by atoms with Gasteiger partial charge in [-0.05, 0) is 47.5 Å². The van der Waals surface area contributed by atoms with Crippen molar-refractivity contribution < 1.29 is 19.4 Å². The molecule has 1 saturated heterocycles. The number of amides is 1. The highest BCUT2D eigenvalue weighted by Gasteiger charge is 2.46. The van der Waals surface area contributed by atoms with E-state index in [-0.39, 0.29) is 22.9 Å². The van der Waals surface area contributed by atoms with E-state index in [2.05, 4.69) is 9.97 Å². The third kappa shape index (κ3) is 3.87. The van der Waals surface area contributed by atoms with Crippen molar-refractivity contribution in [3.8, 4) is 5.75 Å². The lowest BCUT2D eigenvalue weighted by atomic mass is 9.96. The van der Waals surface area contributed by atoms with Crippen molar-refractivity contribution in [2.45, 2.75) is 12.6 Å². The molecule has 0 aliphatic carbocycles. The molecule has 0 bridgehead atoms. The average Bonchev–Trinajstić information content (AvgIpc) is 3.04. The fourth-order valence-electron chi connectivity index (χ4n) is 3.59. The van der Waals surface area contributed by atoms with Gasteiger partial charge in [0.25, 0.3) is 11.7 Å². The molecule has 3 heterocycles. The predicted octanol–water partition coefficient (Wildman–Crippen LogP) is 3.76. The Morgan fingerprint density at radius 1 is 1.13 bits per heavy atom. The number of hydrogen-bond acceptors (Lipinski definition) is 6. The second kappa shape index (κ2) is 8.57. The zero-order chi connectivity index (χ0) is 22.0. The van der Waals surface area contributed by atoms with Gasteiger partial charge in [0.2, 0.25) is 0 Å². The summed E-state index contributed by atoms with van der Waals surface area (Å²) in [5.74, 6) is -1.35. The van der Waals surface area contributed by atoms with E-state index >= 15 is 0 Å². The molecule has 1 aliphatic rings. The molecule has 7 nitrogen and oxygen atoms in total. The highest BCUT2D eigenvalue weighted by atomic mass is 35.5. The van der Waals surface area contributed by atoms with Crippen LogP contribution >= 0.6 is 11.6 Å². The number of benzene rings is 1. The Morgan fingerprint density at radius 2 is 1.90 bits per heavy atom. The number of rotatable bonds is 5. The second-order valence-corrected chi connectivity index (χ2v) is 7.33. The van der Waals surface area contributed by atoms with Crippen molar-refractivity contribution in [2.24, 2.45) is 0 Å². The summed E-state index contributed by atoms with van der Waals surface area (Å²) in [5, 5.41) is 11.3. The van der Waals surface area contributed by atoms with Crippen LogP contribution in [0, 0.1) is 0 Å². The molecule has 1 fully saturated rings. The first-order valence-electron chi connectivity index (χ1n) is 9.42. The molecule has 4 rings (SSSR count). The van der Waals surface area contributed by atoms with Crippen LogP contribution in [0.25, 0.3) is 5.76 Å². The Balaban J connectivity index is 1.85. The van der Waals surface area contributed by atoms with Crippen LogP contribution in [0.3, 0.4) is 0 Å². The monoisotopic (exact) mass is 435 g/mol. The van der Waals surface area contributed by atoms with Gasteiger partial charge in [-0.15, -0.1) is 0 Å². The summed E-state index contributed by atoms with van der Waals surface area (Å²) in [6, 6.07) is 10.9. The Kier molecular flexibility index (Phi) is 5.68. The van der Waals surface area contributed by atoms with Crippen LogP contribution in [0.5, 0.6) is 5.75 Å². The topological polar surface area (TPSA) is 92.6 Å². The molecule has 1 amide bonds. The molecule has 1 aromatic carbocycles. The van der Waals surface area contributed by atoms with Gasteiger partial charge in [-0.3, -0.25) is 19.6 Å². The Labute approximate surface area is 183 Å². The van der Waals surface area contributed by atoms with E-state index in [1.807, 2.05) is 6.07 Å². The first kappa shape index (κ1) is 20.6. The maximum Gasteiger partial charge on any atom is 0.295 e. The zero-order valence-corrected chi connectivity index (χ0v) is 17.3. The summed E-state index contributed by atoms with van der Waals surface area (Å²) in [4.78, 5) is 35.5. The van der Waals surface area contributed by atoms with Crippen LogP contribution in [0.1, 0.15) is 22.7 Å². The molecule has 0 spiro atoms. The van der Waals surface area contributed by atoms with Gasteiger partial charge in [-0.25, -0.2) is 0 Å². The van der Waals surface area contributed by atoms with E-state index in [0.717, 1.165) is 5.56 Å². The fourth-order valence-corrected chi connectivity index (χ4v) is 3.85. The van der Waals surface area contributed by atoms with Crippen LogP contribution in [0.15, 0.2) is 72.8 Å². The molecular weight excluding hydrogens is 418 g/mol. The van der Waals surface area contributed by atoms with Gasteiger partial charge < -0.3 is 14.7 Å². The number of methoxy groups -OCH3 is 1. The minimum atomic E-state index is -0.788. The SMILES string of the molecule is COc1ccc(/C(O)=C2/C(=O)C(=O)N(Cc3cccnc3)C2c2ccncc2)cc1Cl. The molecule has 3 aromatic rings. The van der Waals surface area contributed by atoms with Gasteiger partial charge in [-0.2, -0.15) is 0 Å². The van der Waals surface area contributed by atoms with Gasteiger partial charge in [-0.1, -0.05) is 17.7 Å². The number of carbonyl (C=O) groups excluding carboxylic acids is 2. The summed E-state index contributed by atoms with van der Waals surface area (Å²) in [6.45, 7) is 0.158. The number of aliphatic hydroxyl groups is 1. The predicted molar refractivity (Wildman–Crippen MR) is 114 cm³/mol. The summed E-state index contributed by atoms with van der Waals surface area (Å²) in [7, 11) is 1.48. The number of Topliss-reactive ketones (excluding diaryl/α,β-unsaturated/α-hetero) is 1. The van der Waals surface area contributed by atoms with Crippen molar-refractivity contribution in [3.05, 3.63) is 94.5 Å². The number of halogens is 1. The van der Waals surface area contributed by atoms with E-state index in [9.17, 15) is 14.7 Å². The molecule has 8 heteroatoms. The smallest absolute Gasteiger partial charge is 0.295 e. The quantitative estimate of drug-likeness (QED) is 0.372. The molecule has 1 atom stereocenters. The maximum absolute atomic E-state index is 13.0. The van der Waals surface area contributed by atoms with E-state index in [0.29, 0.717) is 16.9 Å². The lowest BCUT2D eigenvalue weighted by molar-refractivity contribution is -0.140. The molecular formula is C23H18ClN3O4. The van der Waals surface area contributed by atoms with Crippen LogP contribution in [0.2, 0.25) is 5.02 Å². The van der Waals surface area contributed by atoms with Crippen LogP contribution < -0.4 is 4.74 Å². The highest BCUT2D eigenvalue weighted by molar-refractivity contribution is 6.46. The van der Waals surface area contributed by atoms with Gasteiger partial charge >= 0.3 is 0 Å².